The number of amidine groups is 1. The van der Waals surface area contributed by atoms with Crippen LogP contribution in [0, 0.1) is 5.41 Å². The van der Waals surface area contributed by atoms with Gasteiger partial charge in [0.05, 0.1) is 0 Å². The van der Waals surface area contributed by atoms with Crippen molar-refractivity contribution in [1.82, 2.24) is 0 Å². The topological polar surface area (TPSA) is 71.5 Å². The first-order chi connectivity index (χ1) is 5.56. The minimum absolute atomic E-state index is 0. The van der Waals surface area contributed by atoms with Crippen LogP contribution in [0.5, 0.6) is 0 Å². The Hall–Kier alpha value is -0.420. The first-order valence-corrected chi connectivity index (χ1v) is 4.64. The first kappa shape index (κ1) is 12.6. The minimum atomic E-state index is -0.183. The van der Waals surface area contributed by atoms with Crippen LogP contribution in [0.4, 0.5) is 0 Å². The maximum atomic E-state index is 7.05. The number of oxime groups is 1. The van der Waals surface area contributed by atoms with E-state index in [1.165, 1.54) is 11.8 Å². The van der Waals surface area contributed by atoms with Crippen molar-refractivity contribution < 1.29 is 4.84 Å². The zero-order chi connectivity index (χ0) is 9.19. The Morgan fingerprint density at radius 1 is 1.85 bits per heavy atom. The molecule has 1 rings (SSSR count). The highest BCUT2D eigenvalue weighted by molar-refractivity contribution is 8.26. The second-order valence-electron chi connectivity index (χ2n) is 3.02. The maximum absolute atomic E-state index is 7.05. The zero-order valence-corrected chi connectivity index (χ0v) is 9.30. The fourth-order valence-electron chi connectivity index (χ4n) is 0.917. The third kappa shape index (κ3) is 3.44. The second-order valence-corrected chi connectivity index (χ2v) is 4.14. The van der Waals surface area contributed by atoms with Crippen LogP contribution in [0.3, 0.4) is 0 Å². The van der Waals surface area contributed by atoms with Gasteiger partial charge in [-0.05, 0) is 25.1 Å². The van der Waals surface area contributed by atoms with E-state index >= 15 is 0 Å². The normalized spacial score (nSPS) is 25.8. The molecular formula is C7H14ClN3OS. The molecule has 1 unspecified atom stereocenters. The Balaban J connectivity index is 0.00000144. The van der Waals surface area contributed by atoms with E-state index in [2.05, 4.69) is 12.1 Å². The van der Waals surface area contributed by atoms with Crippen LogP contribution in [0.15, 0.2) is 5.16 Å². The molecule has 0 radical (unpaired) electrons. The summed E-state index contributed by atoms with van der Waals surface area (Å²) in [5.41, 5.74) is 5.03. The number of nitrogens with one attached hydrogen (secondary N) is 1. The molecule has 0 aromatic carbocycles. The Bertz CT molecular complexity index is 234. The van der Waals surface area contributed by atoms with Crippen LogP contribution in [0.1, 0.15) is 26.7 Å². The number of rotatable bonds is 1. The Morgan fingerprint density at radius 2 is 2.46 bits per heavy atom. The lowest BCUT2D eigenvalue weighted by Crippen LogP contribution is -2.23. The SMILES string of the molecule is CCC1(C)CC(SC(=N)N)=NO1.Cl. The molecule has 1 aliphatic rings. The van der Waals surface area contributed by atoms with E-state index in [9.17, 15) is 0 Å². The van der Waals surface area contributed by atoms with Crippen LogP contribution >= 0.6 is 24.2 Å². The van der Waals surface area contributed by atoms with Gasteiger partial charge in [0.1, 0.15) is 10.6 Å². The van der Waals surface area contributed by atoms with E-state index in [1.54, 1.807) is 0 Å². The highest BCUT2D eigenvalue weighted by atomic mass is 35.5. The van der Waals surface area contributed by atoms with Gasteiger partial charge in [0.25, 0.3) is 0 Å². The van der Waals surface area contributed by atoms with Gasteiger partial charge in [-0.15, -0.1) is 12.4 Å². The molecule has 0 bridgehead atoms. The van der Waals surface area contributed by atoms with Crippen LogP contribution in [-0.4, -0.2) is 15.8 Å². The van der Waals surface area contributed by atoms with Crippen LogP contribution in [0.2, 0.25) is 0 Å². The monoisotopic (exact) mass is 223 g/mol. The molecule has 0 spiro atoms. The van der Waals surface area contributed by atoms with Crippen molar-refractivity contribution in [2.75, 3.05) is 0 Å². The number of thioether (sulfide) groups is 1. The quantitative estimate of drug-likeness (QED) is 0.527. The number of nitrogens with two attached hydrogens (primary N) is 1. The van der Waals surface area contributed by atoms with Crippen LogP contribution in [0.25, 0.3) is 0 Å². The summed E-state index contributed by atoms with van der Waals surface area (Å²) >= 11 is 1.17. The molecule has 4 nitrogen and oxygen atoms in total. The van der Waals surface area contributed by atoms with E-state index in [4.69, 9.17) is 16.0 Å². The largest absolute Gasteiger partial charge is 0.388 e. The molecule has 1 atom stereocenters. The first-order valence-electron chi connectivity index (χ1n) is 3.82. The van der Waals surface area contributed by atoms with Crippen molar-refractivity contribution >= 4 is 34.4 Å². The third-order valence-electron chi connectivity index (χ3n) is 1.87. The molecule has 0 amide bonds. The molecule has 0 aromatic rings. The molecule has 3 N–H and O–H groups in total. The fraction of sp³-hybridized carbons (Fsp3) is 0.714. The standard InChI is InChI=1S/C7H13N3OS.ClH/c1-3-7(2)4-5(10-11-7)12-6(8)9;/h3-4H2,1-2H3,(H3,8,9);1H. The summed E-state index contributed by atoms with van der Waals surface area (Å²) in [5.74, 6) is 0. The van der Waals surface area contributed by atoms with Gasteiger partial charge in [-0.3, -0.25) is 5.41 Å². The lowest BCUT2D eigenvalue weighted by Gasteiger charge is -2.17. The summed E-state index contributed by atoms with van der Waals surface area (Å²) in [4.78, 5) is 5.22. The van der Waals surface area contributed by atoms with Crippen molar-refractivity contribution in [3.8, 4) is 0 Å². The molecule has 76 valence electrons. The lowest BCUT2D eigenvalue weighted by atomic mass is 10.0. The average Bonchev–Trinajstić information content (AvgIpc) is 2.32. The molecule has 1 heterocycles. The molecule has 0 saturated heterocycles. The van der Waals surface area contributed by atoms with Crippen LogP contribution < -0.4 is 5.73 Å². The van der Waals surface area contributed by atoms with Gasteiger partial charge in [-0.2, -0.15) is 0 Å². The summed E-state index contributed by atoms with van der Waals surface area (Å²) in [5, 5.41) is 11.8. The predicted octanol–water partition coefficient (Wildman–Crippen LogP) is 1.94. The van der Waals surface area contributed by atoms with E-state index in [-0.39, 0.29) is 23.2 Å². The van der Waals surface area contributed by atoms with Crippen molar-refractivity contribution in [2.24, 2.45) is 10.9 Å². The zero-order valence-electron chi connectivity index (χ0n) is 7.66. The predicted molar refractivity (Wildman–Crippen MR) is 58.6 cm³/mol. The second kappa shape index (κ2) is 4.72. The number of halogens is 1. The smallest absolute Gasteiger partial charge is 0.157 e. The lowest BCUT2D eigenvalue weighted by molar-refractivity contribution is -0.00604. The van der Waals surface area contributed by atoms with Gasteiger partial charge in [0, 0.05) is 6.42 Å². The number of nitrogens with zero attached hydrogens (tertiary/aromatic N) is 1. The maximum Gasteiger partial charge on any atom is 0.157 e. The van der Waals surface area contributed by atoms with Gasteiger partial charge in [0.15, 0.2) is 5.17 Å². The third-order valence-corrected chi connectivity index (χ3v) is 2.54. The molecular weight excluding hydrogens is 210 g/mol. The van der Waals surface area contributed by atoms with Crippen LogP contribution in [-0.2, 0) is 4.84 Å². The van der Waals surface area contributed by atoms with Gasteiger partial charge >= 0.3 is 0 Å². The summed E-state index contributed by atoms with van der Waals surface area (Å²) in [6.45, 7) is 4.06. The minimum Gasteiger partial charge on any atom is -0.388 e. The fourth-order valence-corrected chi connectivity index (χ4v) is 1.62. The molecule has 0 saturated carbocycles. The van der Waals surface area contributed by atoms with E-state index < -0.39 is 0 Å². The van der Waals surface area contributed by atoms with Crippen molar-refractivity contribution in [2.45, 2.75) is 32.3 Å². The Kier molecular flexibility index (Phi) is 4.56. The van der Waals surface area contributed by atoms with Gasteiger partial charge in [-0.25, -0.2) is 0 Å². The van der Waals surface area contributed by atoms with Gasteiger partial charge in [-0.1, -0.05) is 12.1 Å². The number of hydrogen-bond donors (Lipinski definition) is 2. The highest BCUT2D eigenvalue weighted by Crippen LogP contribution is 2.30. The Labute approximate surface area is 88.2 Å². The van der Waals surface area contributed by atoms with E-state index in [0.717, 1.165) is 17.9 Å². The summed E-state index contributed by atoms with van der Waals surface area (Å²) in [7, 11) is 0. The molecule has 0 aromatic heterocycles. The molecule has 6 heteroatoms. The highest BCUT2D eigenvalue weighted by Gasteiger charge is 2.32. The van der Waals surface area contributed by atoms with E-state index in [0.29, 0.717) is 0 Å². The van der Waals surface area contributed by atoms with Crippen molar-refractivity contribution in [1.29, 1.82) is 5.41 Å². The molecule has 0 fully saturated rings. The molecule has 13 heavy (non-hydrogen) atoms. The Morgan fingerprint density at radius 3 is 2.85 bits per heavy atom. The van der Waals surface area contributed by atoms with Gasteiger partial charge in [0.2, 0.25) is 0 Å². The number of hydrogen-bond acceptors (Lipinski definition) is 4. The molecule has 0 aliphatic carbocycles. The summed E-state index contributed by atoms with van der Waals surface area (Å²) < 4.78 is 0. The van der Waals surface area contributed by atoms with Crippen molar-refractivity contribution in [3.63, 3.8) is 0 Å². The van der Waals surface area contributed by atoms with Gasteiger partial charge < -0.3 is 10.6 Å². The summed E-state index contributed by atoms with van der Waals surface area (Å²) in [6, 6.07) is 0. The molecule has 1 aliphatic heterocycles. The van der Waals surface area contributed by atoms with Crippen molar-refractivity contribution in [3.05, 3.63) is 0 Å². The summed E-state index contributed by atoms with van der Waals surface area (Å²) in [6.07, 6.45) is 1.67. The average molecular weight is 224 g/mol. The van der Waals surface area contributed by atoms with E-state index in [1.807, 2.05) is 6.92 Å².